The van der Waals surface area contributed by atoms with E-state index in [2.05, 4.69) is 81.5 Å². The second-order valence-corrected chi connectivity index (χ2v) is 13.0. The molecule has 0 bridgehead atoms. The van der Waals surface area contributed by atoms with E-state index in [-0.39, 0.29) is 0 Å². The summed E-state index contributed by atoms with van der Waals surface area (Å²) in [4.78, 5) is 2.23. The highest BCUT2D eigenvalue weighted by molar-refractivity contribution is 4.93. The van der Waals surface area contributed by atoms with Gasteiger partial charge < -0.3 is 9.64 Å². The maximum Gasteiger partial charge on any atom is 0.0596 e. The normalized spacial score (nSPS) is 13.2. The van der Waals surface area contributed by atoms with Crippen LogP contribution in [-0.4, -0.2) is 38.3 Å². The zero-order chi connectivity index (χ0) is 31.3. The fourth-order valence-electron chi connectivity index (χ4n) is 5.43. The maximum absolute atomic E-state index is 6.34. The first kappa shape index (κ1) is 41.9. The second kappa shape index (κ2) is 37.1. The van der Waals surface area contributed by atoms with Crippen molar-refractivity contribution in [1.29, 1.82) is 0 Å². The maximum atomic E-state index is 6.34. The molecule has 0 rings (SSSR count). The molecule has 0 aromatic rings. The molecule has 0 atom stereocenters. The van der Waals surface area contributed by atoms with Gasteiger partial charge in [0.2, 0.25) is 0 Å². The van der Waals surface area contributed by atoms with Crippen molar-refractivity contribution in [3.05, 3.63) is 48.6 Å². The summed E-state index contributed by atoms with van der Waals surface area (Å²) < 4.78 is 6.34. The van der Waals surface area contributed by atoms with Gasteiger partial charge in [0, 0.05) is 6.54 Å². The first-order chi connectivity index (χ1) is 21.2. The molecule has 0 radical (unpaired) electrons. The summed E-state index contributed by atoms with van der Waals surface area (Å²) in [7, 11) is 4.28. The first-order valence-electron chi connectivity index (χ1n) is 19.1. The molecule has 0 aliphatic heterocycles. The summed E-state index contributed by atoms with van der Waals surface area (Å²) in [5.41, 5.74) is 0. The Morgan fingerprint density at radius 3 is 1.16 bits per heavy atom. The lowest BCUT2D eigenvalue weighted by molar-refractivity contribution is 0.0303. The van der Waals surface area contributed by atoms with Gasteiger partial charge in [-0.3, -0.25) is 0 Å². The third-order valence-electron chi connectivity index (χ3n) is 8.35. The fraction of sp³-hybridized carbons (Fsp3) is 0.805. The van der Waals surface area contributed by atoms with E-state index in [9.17, 15) is 0 Å². The van der Waals surface area contributed by atoms with Crippen molar-refractivity contribution in [2.45, 2.75) is 187 Å². The van der Waals surface area contributed by atoms with E-state index in [1.54, 1.807) is 0 Å². The van der Waals surface area contributed by atoms with Crippen LogP contribution < -0.4 is 0 Å². The Morgan fingerprint density at radius 2 is 0.791 bits per heavy atom. The van der Waals surface area contributed by atoms with Crippen LogP contribution in [0.4, 0.5) is 0 Å². The average Bonchev–Trinajstić information content (AvgIpc) is 3.00. The molecule has 2 nitrogen and oxygen atoms in total. The molecule has 252 valence electrons. The van der Waals surface area contributed by atoms with E-state index in [1.165, 1.54) is 154 Å². The van der Waals surface area contributed by atoms with Crippen LogP contribution >= 0.6 is 0 Å². The van der Waals surface area contributed by atoms with Crippen LogP contribution in [0.2, 0.25) is 0 Å². The summed E-state index contributed by atoms with van der Waals surface area (Å²) in [5.74, 6) is 0. The Labute approximate surface area is 271 Å². The van der Waals surface area contributed by atoms with Crippen LogP contribution in [0.25, 0.3) is 0 Å². The second-order valence-electron chi connectivity index (χ2n) is 13.0. The molecule has 43 heavy (non-hydrogen) atoms. The van der Waals surface area contributed by atoms with Crippen molar-refractivity contribution in [1.82, 2.24) is 4.90 Å². The van der Waals surface area contributed by atoms with E-state index < -0.39 is 0 Å². The fourth-order valence-corrected chi connectivity index (χ4v) is 5.43. The van der Waals surface area contributed by atoms with Gasteiger partial charge >= 0.3 is 0 Å². The molecule has 0 aromatic carbocycles. The van der Waals surface area contributed by atoms with E-state index in [4.69, 9.17) is 4.74 Å². The Morgan fingerprint density at radius 1 is 0.442 bits per heavy atom. The van der Waals surface area contributed by atoms with E-state index in [1.807, 2.05) is 0 Å². The van der Waals surface area contributed by atoms with Crippen molar-refractivity contribution in [3.8, 4) is 0 Å². The highest BCUT2D eigenvalue weighted by atomic mass is 16.5. The van der Waals surface area contributed by atoms with Crippen molar-refractivity contribution in [2.24, 2.45) is 0 Å². The van der Waals surface area contributed by atoms with Crippen LogP contribution in [0.3, 0.4) is 0 Å². The number of hydrogen-bond donors (Lipinski definition) is 0. The SMILES string of the molecule is CCCCCC=CCC=CCCCCCCCCC(CCCCCCCCC=CCC=CCCCCC)OCCN(C)C. The van der Waals surface area contributed by atoms with Gasteiger partial charge in [0.15, 0.2) is 0 Å². The molecule has 0 aliphatic carbocycles. The molecule has 0 aliphatic rings. The highest BCUT2D eigenvalue weighted by Crippen LogP contribution is 2.17. The summed E-state index contributed by atoms with van der Waals surface area (Å²) >= 11 is 0. The minimum Gasteiger partial charge on any atom is -0.377 e. The molecule has 0 aromatic heterocycles. The molecular formula is C41H77NO. The molecule has 0 spiro atoms. The topological polar surface area (TPSA) is 12.5 Å². The molecule has 0 fully saturated rings. The molecule has 0 heterocycles. The van der Waals surface area contributed by atoms with Crippen LogP contribution in [0.5, 0.6) is 0 Å². The molecular weight excluding hydrogens is 522 g/mol. The third-order valence-corrected chi connectivity index (χ3v) is 8.35. The lowest BCUT2D eigenvalue weighted by Gasteiger charge is -2.19. The number of nitrogens with zero attached hydrogens (tertiary/aromatic N) is 1. The van der Waals surface area contributed by atoms with Crippen molar-refractivity contribution in [2.75, 3.05) is 27.2 Å². The van der Waals surface area contributed by atoms with Gasteiger partial charge in [-0.05, 0) is 91.1 Å². The molecule has 0 saturated heterocycles. The van der Waals surface area contributed by atoms with Crippen LogP contribution in [0.1, 0.15) is 181 Å². The van der Waals surface area contributed by atoms with E-state index in [0.29, 0.717) is 6.10 Å². The van der Waals surface area contributed by atoms with Crippen LogP contribution in [0, 0.1) is 0 Å². The molecule has 0 saturated carbocycles. The largest absolute Gasteiger partial charge is 0.377 e. The zero-order valence-corrected chi connectivity index (χ0v) is 29.9. The number of unbranched alkanes of at least 4 members (excludes halogenated alkanes) is 18. The van der Waals surface area contributed by atoms with E-state index in [0.717, 1.165) is 26.0 Å². The highest BCUT2D eigenvalue weighted by Gasteiger charge is 2.09. The third kappa shape index (κ3) is 37.0. The Hall–Kier alpha value is -1.12. The zero-order valence-electron chi connectivity index (χ0n) is 29.9. The van der Waals surface area contributed by atoms with Crippen molar-refractivity contribution in [3.63, 3.8) is 0 Å². The lowest BCUT2D eigenvalue weighted by atomic mass is 10.0. The lowest BCUT2D eigenvalue weighted by Crippen LogP contribution is -2.22. The molecule has 0 N–H and O–H groups in total. The average molecular weight is 600 g/mol. The van der Waals surface area contributed by atoms with Crippen LogP contribution in [-0.2, 0) is 4.74 Å². The molecule has 0 unspecified atom stereocenters. The van der Waals surface area contributed by atoms with Crippen molar-refractivity contribution < 1.29 is 4.74 Å². The number of likely N-dealkylation sites (N-methyl/N-ethyl adjacent to an activating group) is 1. The smallest absolute Gasteiger partial charge is 0.0596 e. The first-order valence-corrected chi connectivity index (χ1v) is 19.1. The summed E-state index contributed by atoms with van der Waals surface area (Å²) in [5, 5.41) is 0. The van der Waals surface area contributed by atoms with Gasteiger partial charge in [0.05, 0.1) is 12.7 Å². The summed E-state index contributed by atoms with van der Waals surface area (Å²) in [6, 6.07) is 0. The standard InChI is InChI=1S/C41H77NO/c1-5-7-9-11-13-15-17-19-21-23-25-27-29-31-33-35-37-41(43-40-39-42(3)4)38-36-34-32-30-28-26-24-22-20-18-16-14-12-10-8-6-2/h13-16,19-22,41H,5-12,17-18,23-40H2,1-4H3. The minimum atomic E-state index is 0.469. The number of allylic oxidation sites excluding steroid dienone is 8. The number of rotatable bonds is 34. The van der Waals surface area contributed by atoms with Gasteiger partial charge in [-0.2, -0.15) is 0 Å². The Kier molecular flexibility index (Phi) is 36.1. The molecule has 2 heteroatoms. The van der Waals surface area contributed by atoms with Gasteiger partial charge in [0.25, 0.3) is 0 Å². The number of hydrogen-bond acceptors (Lipinski definition) is 2. The van der Waals surface area contributed by atoms with Gasteiger partial charge in [0.1, 0.15) is 0 Å². The minimum absolute atomic E-state index is 0.469. The van der Waals surface area contributed by atoms with E-state index >= 15 is 0 Å². The summed E-state index contributed by atoms with van der Waals surface area (Å²) in [6.45, 7) is 6.45. The monoisotopic (exact) mass is 600 g/mol. The van der Waals surface area contributed by atoms with Gasteiger partial charge in [-0.1, -0.05) is 152 Å². The predicted octanol–water partition coefficient (Wildman–Crippen LogP) is 13.3. The van der Waals surface area contributed by atoms with Gasteiger partial charge in [-0.25, -0.2) is 0 Å². The Balaban J connectivity index is 3.77. The van der Waals surface area contributed by atoms with Gasteiger partial charge in [-0.15, -0.1) is 0 Å². The predicted molar refractivity (Wildman–Crippen MR) is 196 cm³/mol. The summed E-state index contributed by atoms with van der Waals surface area (Å²) in [6.07, 6.45) is 53.5. The number of ether oxygens (including phenoxy) is 1. The quantitative estimate of drug-likeness (QED) is 0.0539. The Bertz CT molecular complexity index is 584. The van der Waals surface area contributed by atoms with Crippen molar-refractivity contribution >= 4 is 0 Å². The van der Waals surface area contributed by atoms with Crippen LogP contribution in [0.15, 0.2) is 48.6 Å². The molecule has 0 amide bonds.